The number of carbonyl (C=O) groups is 3. The zero-order valence-corrected chi connectivity index (χ0v) is 19.0. The summed E-state index contributed by atoms with van der Waals surface area (Å²) in [5, 5.41) is 19.4. The number of hydrogen-bond donors (Lipinski definition) is 3. The van der Waals surface area contributed by atoms with Gasteiger partial charge in [0.25, 0.3) is 11.5 Å². The third kappa shape index (κ3) is 6.59. The molecule has 0 spiro atoms. The van der Waals surface area contributed by atoms with Crippen LogP contribution in [0.1, 0.15) is 31.5 Å². The first kappa shape index (κ1) is 25.3. The SMILES string of the molecule is Cc1nn(C2CCC(=O)NC2=O)c(=O)c2ccc(NCCOCCOC(C)OCC(=O)O)cc12. The van der Waals surface area contributed by atoms with Crippen LogP contribution in [0.3, 0.4) is 0 Å². The molecule has 34 heavy (non-hydrogen) atoms. The van der Waals surface area contributed by atoms with Gasteiger partial charge in [0.2, 0.25) is 5.91 Å². The van der Waals surface area contributed by atoms with E-state index < -0.39 is 30.8 Å². The Kier molecular flexibility index (Phi) is 8.68. The summed E-state index contributed by atoms with van der Waals surface area (Å²) in [6.07, 6.45) is -0.232. The Labute approximate surface area is 195 Å². The second-order valence-electron chi connectivity index (χ2n) is 7.74. The fourth-order valence-corrected chi connectivity index (χ4v) is 3.53. The van der Waals surface area contributed by atoms with Crippen LogP contribution in [0.15, 0.2) is 23.0 Å². The van der Waals surface area contributed by atoms with E-state index in [1.165, 1.54) is 0 Å². The molecule has 0 radical (unpaired) electrons. The molecule has 184 valence electrons. The first-order valence-corrected chi connectivity index (χ1v) is 10.9. The van der Waals surface area contributed by atoms with Gasteiger partial charge in [-0.05, 0) is 38.5 Å². The van der Waals surface area contributed by atoms with Crippen LogP contribution < -0.4 is 16.2 Å². The highest BCUT2D eigenvalue weighted by Gasteiger charge is 2.30. The van der Waals surface area contributed by atoms with Crippen molar-refractivity contribution < 1.29 is 33.7 Å². The number of ether oxygens (including phenoxy) is 3. The normalized spacial score (nSPS) is 16.9. The van der Waals surface area contributed by atoms with Crippen molar-refractivity contribution in [3.63, 3.8) is 0 Å². The molecule has 12 heteroatoms. The first-order valence-electron chi connectivity index (χ1n) is 10.9. The number of carbonyl (C=O) groups excluding carboxylic acids is 2. The summed E-state index contributed by atoms with van der Waals surface area (Å²) < 4.78 is 16.9. The number of nitrogens with one attached hydrogen (secondary N) is 2. The molecule has 2 atom stereocenters. The Hall–Kier alpha value is -3.35. The van der Waals surface area contributed by atoms with Crippen molar-refractivity contribution in [1.29, 1.82) is 0 Å². The van der Waals surface area contributed by atoms with Gasteiger partial charge in [0, 0.05) is 24.0 Å². The average molecular weight is 476 g/mol. The van der Waals surface area contributed by atoms with Gasteiger partial charge >= 0.3 is 5.97 Å². The van der Waals surface area contributed by atoms with E-state index in [4.69, 9.17) is 19.3 Å². The molecule has 2 unspecified atom stereocenters. The Morgan fingerprint density at radius 3 is 2.76 bits per heavy atom. The van der Waals surface area contributed by atoms with Crippen LogP contribution in [-0.4, -0.2) is 71.9 Å². The van der Waals surface area contributed by atoms with Crippen molar-refractivity contribution in [2.75, 3.05) is 38.3 Å². The maximum atomic E-state index is 12.9. The number of aliphatic carboxylic acids is 1. The molecular weight excluding hydrogens is 448 g/mol. The zero-order valence-electron chi connectivity index (χ0n) is 19.0. The van der Waals surface area contributed by atoms with Crippen molar-refractivity contribution in [1.82, 2.24) is 15.1 Å². The molecule has 0 aliphatic carbocycles. The molecule has 1 aliphatic heterocycles. The van der Waals surface area contributed by atoms with Crippen LogP contribution in [0.2, 0.25) is 0 Å². The van der Waals surface area contributed by atoms with Crippen LogP contribution in [0.5, 0.6) is 0 Å². The van der Waals surface area contributed by atoms with Gasteiger partial charge in [0.15, 0.2) is 6.29 Å². The quantitative estimate of drug-likeness (QED) is 0.225. The molecule has 1 aromatic carbocycles. The molecule has 1 fully saturated rings. The lowest BCUT2D eigenvalue weighted by Gasteiger charge is -2.22. The van der Waals surface area contributed by atoms with Gasteiger partial charge in [-0.2, -0.15) is 5.10 Å². The third-order valence-electron chi connectivity index (χ3n) is 5.21. The molecule has 3 rings (SSSR count). The largest absolute Gasteiger partial charge is 0.480 e. The number of aromatic nitrogens is 2. The van der Waals surface area contributed by atoms with Crippen LogP contribution >= 0.6 is 0 Å². The highest BCUT2D eigenvalue weighted by molar-refractivity contribution is 5.99. The lowest BCUT2D eigenvalue weighted by Crippen LogP contribution is -2.45. The molecule has 12 nitrogen and oxygen atoms in total. The molecule has 1 aliphatic rings. The second kappa shape index (κ2) is 11.7. The number of anilines is 1. The number of hydrogen-bond acceptors (Lipinski definition) is 9. The lowest BCUT2D eigenvalue weighted by molar-refractivity contribution is -0.166. The third-order valence-corrected chi connectivity index (χ3v) is 5.21. The molecular formula is C22H28N4O8. The number of benzene rings is 1. The van der Waals surface area contributed by atoms with Gasteiger partial charge in [-0.3, -0.25) is 19.7 Å². The number of carboxylic acid groups (broad SMARTS) is 1. The first-order chi connectivity index (χ1) is 16.3. The van der Waals surface area contributed by atoms with Gasteiger partial charge in [-0.15, -0.1) is 0 Å². The second-order valence-corrected chi connectivity index (χ2v) is 7.74. The number of nitrogens with zero attached hydrogens (tertiary/aromatic N) is 2. The highest BCUT2D eigenvalue weighted by Crippen LogP contribution is 2.21. The summed E-state index contributed by atoms with van der Waals surface area (Å²) >= 11 is 0. The van der Waals surface area contributed by atoms with Crippen LogP contribution in [-0.2, 0) is 28.6 Å². The molecule has 1 saturated heterocycles. The summed E-state index contributed by atoms with van der Waals surface area (Å²) in [6.45, 7) is 4.46. The van der Waals surface area contributed by atoms with Crippen LogP contribution in [0, 0.1) is 6.92 Å². The Morgan fingerprint density at radius 2 is 2.03 bits per heavy atom. The van der Waals surface area contributed by atoms with E-state index in [1.54, 1.807) is 26.0 Å². The Morgan fingerprint density at radius 1 is 1.24 bits per heavy atom. The molecule has 1 aromatic heterocycles. The Balaban J connectivity index is 1.51. The lowest BCUT2D eigenvalue weighted by atomic mass is 10.1. The summed E-state index contributed by atoms with van der Waals surface area (Å²) in [7, 11) is 0. The number of carboxylic acids is 1. The molecule has 2 heterocycles. The van der Waals surface area contributed by atoms with E-state index in [1.807, 2.05) is 6.07 Å². The van der Waals surface area contributed by atoms with Gasteiger partial charge in [-0.25, -0.2) is 9.48 Å². The van der Waals surface area contributed by atoms with Gasteiger partial charge in [-0.1, -0.05) is 0 Å². The summed E-state index contributed by atoms with van der Waals surface area (Å²) in [6, 6.07) is 4.46. The topological polar surface area (TPSA) is 158 Å². The number of aryl methyl sites for hydroxylation is 1. The van der Waals surface area contributed by atoms with Crippen molar-refractivity contribution in [2.45, 2.75) is 39.0 Å². The summed E-state index contributed by atoms with van der Waals surface area (Å²) in [5.41, 5.74) is 0.994. The molecule has 2 aromatic rings. The van der Waals surface area contributed by atoms with Crippen LogP contribution in [0.4, 0.5) is 5.69 Å². The fourth-order valence-electron chi connectivity index (χ4n) is 3.53. The zero-order chi connectivity index (χ0) is 24.7. The number of imide groups is 1. The van der Waals surface area contributed by atoms with Crippen molar-refractivity contribution in [2.24, 2.45) is 0 Å². The molecule has 0 saturated carbocycles. The van der Waals surface area contributed by atoms with Gasteiger partial charge in [0.05, 0.1) is 30.9 Å². The highest BCUT2D eigenvalue weighted by atomic mass is 16.7. The monoisotopic (exact) mass is 476 g/mol. The number of amides is 2. The van der Waals surface area contributed by atoms with Crippen molar-refractivity contribution in [3.8, 4) is 0 Å². The van der Waals surface area contributed by atoms with E-state index in [9.17, 15) is 19.2 Å². The molecule has 3 N–H and O–H groups in total. The van der Waals surface area contributed by atoms with Gasteiger partial charge < -0.3 is 24.6 Å². The van der Waals surface area contributed by atoms with E-state index >= 15 is 0 Å². The fraction of sp³-hybridized carbons (Fsp3) is 0.500. The maximum Gasteiger partial charge on any atom is 0.329 e. The predicted octanol–water partition coefficient (Wildman–Crippen LogP) is 0.575. The van der Waals surface area contributed by atoms with Crippen LogP contribution in [0.25, 0.3) is 10.8 Å². The number of fused-ring (bicyclic) bond motifs is 1. The smallest absolute Gasteiger partial charge is 0.329 e. The Bertz CT molecular complexity index is 1120. The summed E-state index contributed by atoms with van der Waals surface area (Å²) in [5.74, 6) is -1.92. The van der Waals surface area contributed by atoms with Crippen molar-refractivity contribution >= 4 is 34.2 Å². The predicted molar refractivity (Wildman–Crippen MR) is 120 cm³/mol. The van der Waals surface area contributed by atoms with Crippen molar-refractivity contribution in [3.05, 3.63) is 34.2 Å². The van der Waals surface area contributed by atoms with E-state index in [0.717, 1.165) is 10.4 Å². The van der Waals surface area contributed by atoms with E-state index in [2.05, 4.69) is 15.7 Å². The number of piperidine rings is 1. The van der Waals surface area contributed by atoms with Gasteiger partial charge in [0.1, 0.15) is 12.6 Å². The standard InChI is InChI=1S/C22H28N4O8/c1-13-17-11-15(23-7-8-32-9-10-33-14(2)34-12-20(28)29)3-4-16(17)22(31)26(25-13)18-5-6-19(27)24-21(18)30/h3-4,11,14,18,23H,5-10,12H2,1-2H3,(H,28,29)(H,24,27,30). The minimum Gasteiger partial charge on any atom is -0.480 e. The molecule has 2 amide bonds. The van der Waals surface area contributed by atoms with E-state index in [0.29, 0.717) is 36.2 Å². The molecule has 0 bridgehead atoms. The maximum absolute atomic E-state index is 12.9. The average Bonchev–Trinajstić information content (AvgIpc) is 2.79. The minimum absolute atomic E-state index is 0.163. The minimum atomic E-state index is -1.06. The van der Waals surface area contributed by atoms with E-state index in [-0.39, 0.29) is 30.9 Å². The number of rotatable bonds is 12. The summed E-state index contributed by atoms with van der Waals surface area (Å²) in [4.78, 5) is 46.9.